The van der Waals surface area contributed by atoms with Crippen LogP contribution in [0.2, 0.25) is 0 Å². The van der Waals surface area contributed by atoms with E-state index in [1.807, 2.05) is 38.2 Å². The zero-order valence-electron chi connectivity index (χ0n) is 13.4. The second-order valence-corrected chi connectivity index (χ2v) is 5.93. The van der Waals surface area contributed by atoms with Crippen molar-refractivity contribution in [2.45, 2.75) is 19.9 Å². The number of rotatable bonds is 3. The van der Waals surface area contributed by atoms with Gasteiger partial charge in [-0.3, -0.25) is 9.59 Å². The number of benzene rings is 1. The molecule has 5 nitrogen and oxygen atoms in total. The van der Waals surface area contributed by atoms with Crippen molar-refractivity contribution in [1.82, 2.24) is 14.9 Å². The Morgan fingerprint density at radius 1 is 1.17 bits per heavy atom. The van der Waals surface area contributed by atoms with E-state index >= 15 is 0 Å². The van der Waals surface area contributed by atoms with Crippen LogP contribution in [0, 0.1) is 0 Å². The molecule has 2 N–H and O–H groups in total. The minimum Gasteiger partial charge on any atom is -0.357 e. The second-order valence-electron chi connectivity index (χ2n) is 5.93. The highest BCUT2D eigenvalue weighted by atomic mass is 16.1. The quantitative estimate of drug-likeness (QED) is 0.781. The van der Waals surface area contributed by atoms with Crippen molar-refractivity contribution >= 4 is 16.8 Å². The van der Waals surface area contributed by atoms with Gasteiger partial charge in [-0.1, -0.05) is 12.1 Å². The SMILES string of the molecule is CC(C)NC(=O)c1ccc(-c2cn(C)c(=O)c3[nH]ccc23)cc1. The summed E-state index contributed by atoms with van der Waals surface area (Å²) in [5, 5.41) is 3.75. The molecule has 0 aliphatic carbocycles. The largest absolute Gasteiger partial charge is 0.357 e. The van der Waals surface area contributed by atoms with Crippen LogP contribution in [-0.2, 0) is 7.05 Å². The Hall–Kier alpha value is -2.82. The van der Waals surface area contributed by atoms with Crippen molar-refractivity contribution in [3.63, 3.8) is 0 Å². The summed E-state index contributed by atoms with van der Waals surface area (Å²) in [6.07, 6.45) is 3.59. The molecule has 0 atom stereocenters. The Bertz CT molecular complexity index is 918. The van der Waals surface area contributed by atoms with Crippen LogP contribution in [0.25, 0.3) is 22.0 Å². The van der Waals surface area contributed by atoms with E-state index in [1.165, 1.54) is 0 Å². The molecule has 0 unspecified atom stereocenters. The predicted molar refractivity (Wildman–Crippen MR) is 91.6 cm³/mol. The third kappa shape index (κ3) is 2.77. The summed E-state index contributed by atoms with van der Waals surface area (Å²) in [5.41, 5.74) is 3.08. The normalized spacial score (nSPS) is 11.1. The van der Waals surface area contributed by atoms with Gasteiger partial charge in [-0.15, -0.1) is 0 Å². The van der Waals surface area contributed by atoms with Crippen LogP contribution < -0.4 is 10.9 Å². The summed E-state index contributed by atoms with van der Waals surface area (Å²) in [6.45, 7) is 3.86. The van der Waals surface area contributed by atoms with E-state index in [9.17, 15) is 9.59 Å². The molecule has 0 bridgehead atoms. The first-order valence-electron chi connectivity index (χ1n) is 7.55. The maximum Gasteiger partial charge on any atom is 0.274 e. The van der Waals surface area contributed by atoms with Crippen molar-refractivity contribution in [2.75, 3.05) is 0 Å². The fourth-order valence-corrected chi connectivity index (χ4v) is 2.65. The van der Waals surface area contributed by atoms with Gasteiger partial charge < -0.3 is 14.9 Å². The van der Waals surface area contributed by atoms with Gasteiger partial charge in [0.15, 0.2) is 0 Å². The van der Waals surface area contributed by atoms with Crippen LogP contribution in [0.15, 0.2) is 47.5 Å². The third-order valence-electron chi connectivity index (χ3n) is 3.77. The number of pyridine rings is 1. The van der Waals surface area contributed by atoms with E-state index in [4.69, 9.17) is 0 Å². The molecule has 2 aromatic heterocycles. The standard InChI is InChI=1S/C18H19N3O2/c1-11(2)20-17(22)13-6-4-12(5-7-13)15-10-21(3)18(23)16-14(15)8-9-19-16/h4-11,19H,1-3H3,(H,20,22). The molecule has 1 aromatic carbocycles. The molecule has 0 saturated heterocycles. The first-order valence-corrected chi connectivity index (χ1v) is 7.55. The van der Waals surface area contributed by atoms with Crippen molar-refractivity contribution in [3.05, 3.63) is 58.6 Å². The number of hydrogen-bond donors (Lipinski definition) is 2. The first kappa shape index (κ1) is 15.1. The molecule has 0 saturated carbocycles. The van der Waals surface area contributed by atoms with Gasteiger partial charge in [0.25, 0.3) is 11.5 Å². The summed E-state index contributed by atoms with van der Waals surface area (Å²) >= 11 is 0. The maximum atomic E-state index is 12.1. The van der Waals surface area contributed by atoms with Crippen LogP contribution in [0.5, 0.6) is 0 Å². The number of aromatic amines is 1. The molecule has 0 radical (unpaired) electrons. The van der Waals surface area contributed by atoms with Gasteiger partial charge >= 0.3 is 0 Å². The van der Waals surface area contributed by atoms with Crippen molar-refractivity contribution in [2.24, 2.45) is 7.05 Å². The van der Waals surface area contributed by atoms with Gasteiger partial charge in [0.2, 0.25) is 0 Å². The number of aromatic nitrogens is 2. The van der Waals surface area contributed by atoms with Crippen LogP contribution in [0.4, 0.5) is 0 Å². The smallest absolute Gasteiger partial charge is 0.274 e. The Labute approximate surface area is 134 Å². The molecule has 0 aliphatic heterocycles. The summed E-state index contributed by atoms with van der Waals surface area (Å²) in [5.74, 6) is -0.0844. The van der Waals surface area contributed by atoms with E-state index in [0.29, 0.717) is 11.1 Å². The molecule has 1 amide bonds. The molecular formula is C18H19N3O2. The lowest BCUT2D eigenvalue weighted by atomic mass is 10.0. The van der Waals surface area contributed by atoms with Gasteiger partial charge in [-0.05, 0) is 37.6 Å². The summed E-state index contributed by atoms with van der Waals surface area (Å²) in [6, 6.07) is 9.41. The number of fused-ring (bicyclic) bond motifs is 1. The van der Waals surface area contributed by atoms with E-state index in [-0.39, 0.29) is 17.5 Å². The fraction of sp³-hybridized carbons (Fsp3) is 0.222. The highest BCUT2D eigenvalue weighted by molar-refractivity contribution is 5.97. The number of carbonyl (C=O) groups is 1. The Morgan fingerprint density at radius 3 is 2.52 bits per heavy atom. The topological polar surface area (TPSA) is 66.9 Å². The van der Waals surface area contributed by atoms with E-state index in [2.05, 4.69) is 10.3 Å². The molecule has 118 valence electrons. The number of aryl methyl sites for hydroxylation is 1. The molecular weight excluding hydrogens is 290 g/mol. The number of nitrogens with zero attached hydrogens (tertiary/aromatic N) is 1. The van der Waals surface area contributed by atoms with Gasteiger partial charge in [0.05, 0.1) is 0 Å². The molecule has 2 heterocycles. The number of hydrogen-bond acceptors (Lipinski definition) is 2. The lowest BCUT2D eigenvalue weighted by molar-refractivity contribution is 0.0943. The fourth-order valence-electron chi connectivity index (χ4n) is 2.65. The summed E-state index contributed by atoms with van der Waals surface area (Å²) < 4.78 is 1.56. The van der Waals surface area contributed by atoms with Crippen molar-refractivity contribution in [1.29, 1.82) is 0 Å². The van der Waals surface area contributed by atoms with Gasteiger partial charge in [0.1, 0.15) is 5.52 Å². The lowest BCUT2D eigenvalue weighted by Gasteiger charge is -2.10. The van der Waals surface area contributed by atoms with Gasteiger partial charge in [0, 0.05) is 42.0 Å². The maximum absolute atomic E-state index is 12.1. The van der Waals surface area contributed by atoms with E-state index in [0.717, 1.165) is 16.5 Å². The summed E-state index contributed by atoms with van der Waals surface area (Å²) in [4.78, 5) is 27.1. The average Bonchev–Trinajstić information content (AvgIpc) is 3.00. The molecule has 0 aliphatic rings. The Morgan fingerprint density at radius 2 is 1.87 bits per heavy atom. The van der Waals surface area contributed by atoms with Gasteiger partial charge in [-0.2, -0.15) is 0 Å². The zero-order valence-corrected chi connectivity index (χ0v) is 13.4. The monoisotopic (exact) mass is 309 g/mol. The number of H-pyrrole nitrogens is 1. The van der Waals surface area contributed by atoms with Crippen LogP contribution in [-0.4, -0.2) is 21.5 Å². The number of nitrogens with one attached hydrogen (secondary N) is 2. The first-order chi connectivity index (χ1) is 11.0. The van der Waals surface area contributed by atoms with Crippen LogP contribution in [0.1, 0.15) is 24.2 Å². The number of amides is 1. The molecule has 23 heavy (non-hydrogen) atoms. The Kier molecular flexibility index (Phi) is 3.78. The zero-order chi connectivity index (χ0) is 16.6. The Balaban J connectivity index is 2.03. The minimum atomic E-state index is -0.0844. The van der Waals surface area contributed by atoms with E-state index in [1.54, 1.807) is 29.9 Å². The number of carbonyl (C=O) groups excluding carboxylic acids is 1. The van der Waals surface area contributed by atoms with Gasteiger partial charge in [-0.25, -0.2) is 0 Å². The molecule has 3 rings (SSSR count). The molecule has 5 heteroatoms. The third-order valence-corrected chi connectivity index (χ3v) is 3.77. The lowest BCUT2D eigenvalue weighted by Crippen LogP contribution is -2.29. The predicted octanol–water partition coefficient (Wildman–Crippen LogP) is 2.67. The highest BCUT2D eigenvalue weighted by Crippen LogP contribution is 2.26. The average molecular weight is 309 g/mol. The minimum absolute atomic E-state index is 0.0540. The second kappa shape index (κ2) is 5.76. The van der Waals surface area contributed by atoms with Crippen LogP contribution in [0.3, 0.4) is 0 Å². The molecule has 0 spiro atoms. The highest BCUT2D eigenvalue weighted by Gasteiger charge is 2.11. The van der Waals surface area contributed by atoms with Crippen molar-refractivity contribution < 1.29 is 4.79 Å². The molecule has 0 fully saturated rings. The van der Waals surface area contributed by atoms with Crippen molar-refractivity contribution in [3.8, 4) is 11.1 Å². The van der Waals surface area contributed by atoms with E-state index < -0.39 is 0 Å². The summed E-state index contributed by atoms with van der Waals surface area (Å²) in [7, 11) is 1.73. The molecule has 3 aromatic rings. The van der Waals surface area contributed by atoms with Crippen LogP contribution >= 0.6 is 0 Å².